The average molecular weight is 221 g/mol. The lowest BCUT2D eigenvalue weighted by Crippen LogP contribution is -2.44. The van der Waals surface area contributed by atoms with Gasteiger partial charge in [0.05, 0.1) is 6.07 Å². The highest BCUT2D eigenvalue weighted by atomic mass is 32.1. The van der Waals surface area contributed by atoms with Crippen molar-refractivity contribution in [1.29, 1.82) is 0 Å². The van der Waals surface area contributed by atoms with Crippen molar-refractivity contribution in [1.82, 2.24) is 10.3 Å². The molecule has 1 fully saturated rings. The van der Waals surface area contributed by atoms with Crippen LogP contribution in [0.4, 0.5) is 5.82 Å². The highest BCUT2D eigenvalue weighted by Gasteiger charge is 2.16. The van der Waals surface area contributed by atoms with Crippen LogP contribution >= 0.6 is 11.5 Å². The normalized spacial score (nSPS) is 17.2. The Kier molecular flexibility index (Phi) is 2.26. The van der Waals surface area contributed by atoms with Gasteiger partial charge < -0.3 is 10.2 Å². The second kappa shape index (κ2) is 3.75. The molecule has 2 aromatic heterocycles. The second-order valence-corrected chi connectivity index (χ2v) is 4.52. The van der Waals surface area contributed by atoms with Gasteiger partial charge in [0.1, 0.15) is 0 Å². The van der Waals surface area contributed by atoms with Crippen molar-refractivity contribution in [2.75, 3.05) is 31.1 Å². The zero-order valence-electron chi connectivity index (χ0n) is 8.39. The molecule has 5 heteroatoms. The van der Waals surface area contributed by atoms with Crippen molar-refractivity contribution in [2.24, 2.45) is 0 Å². The lowest BCUT2D eigenvalue weighted by molar-refractivity contribution is -0.436. The van der Waals surface area contributed by atoms with Crippen LogP contribution in [0.15, 0.2) is 23.8 Å². The molecule has 1 aliphatic heterocycles. The molecule has 1 N–H and O–H groups in total. The highest BCUT2D eigenvalue weighted by molar-refractivity contribution is 6.99. The maximum absolute atomic E-state index is 4.47. The minimum Gasteiger partial charge on any atom is -0.333 e. The third-order valence-corrected chi connectivity index (χ3v) is 3.47. The summed E-state index contributed by atoms with van der Waals surface area (Å²) in [4.78, 5) is 6.80. The molecule has 0 radical (unpaired) electrons. The molecule has 1 saturated heterocycles. The number of nitrogens with zero attached hydrogens (tertiary/aromatic N) is 3. The van der Waals surface area contributed by atoms with E-state index in [1.807, 2.05) is 6.33 Å². The quantitative estimate of drug-likeness (QED) is 0.703. The summed E-state index contributed by atoms with van der Waals surface area (Å²) in [5, 5.41) is 5.43. The Labute approximate surface area is 92.3 Å². The maximum Gasteiger partial charge on any atom is 0.305 e. The molecule has 3 rings (SSSR count). The van der Waals surface area contributed by atoms with E-state index in [0.29, 0.717) is 0 Å². The van der Waals surface area contributed by atoms with E-state index in [-0.39, 0.29) is 0 Å². The van der Waals surface area contributed by atoms with E-state index in [1.54, 1.807) is 11.5 Å². The smallest absolute Gasteiger partial charge is 0.305 e. The summed E-state index contributed by atoms with van der Waals surface area (Å²) in [7, 11) is 0. The number of fused-ring (bicyclic) bond motifs is 1. The van der Waals surface area contributed by atoms with Crippen LogP contribution < -0.4 is 14.0 Å². The van der Waals surface area contributed by atoms with Crippen LogP contribution in [0.25, 0.3) is 5.52 Å². The molecule has 0 saturated carbocycles. The summed E-state index contributed by atoms with van der Waals surface area (Å²) >= 11 is 1.67. The van der Waals surface area contributed by atoms with Gasteiger partial charge in [-0.2, -0.15) is 0 Å². The van der Waals surface area contributed by atoms with Crippen LogP contribution in [0, 0.1) is 0 Å². The van der Waals surface area contributed by atoms with E-state index < -0.39 is 0 Å². The number of aromatic nitrogens is 2. The van der Waals surface area contributed by atoms with E-state index in [4.69, 9.17) is 0 Å². The molecule has 0 atom stereocenters. The summed E-state index contributed by atoms with van der Waals surface area (Å²) in [5.41, 5.74) is 1.23. The van der Waals surface area contributed by atoms with Gasteiger partial charge in [0, 0.05) is 49.2 Å². The Morgan fingerprint density at radius 3 is 3.13 bits per heavy atom. The van der Waals surface area contributed by atoms with E-state index in [1.165, 1.54) is 5.52 Å². The standard InChI is InChI=1S/C10H13N4S/c1-6-15-14-8-12-10(7-9(1)14)13-4-2-11-3-5-13/h1,6-8,11H,2-5H2/q+1. The Balaban J connectivity index is 1.95. The van der Waals surface area contributed by atoms with Gasteiger partial charge in [-0.05, 0) is 4.98 Å². The predicted molar refractivity (Wildman–Crippen MR) is 60.4 cm³/mol. The Morgan fingerprint density at radius 1 is 1.40 bits per heavy atom. The molecule has 15 heavy (non-hydrogen) atoms. The third-order valence-electron chi connectivity index (χ3n) is 2.68. The molecule has 0 aliphatic carbocycles. The molecule has 2 aromatic rings. The van der Waals surface area contributed by atoms with Crippen LogP contribution in [-0.2, 0) is 0 Å². The minimum atomic E-state index is 1.05. The van der Waals surface area contributed by atoms with Crippen molar-refractivity contribution in [2.45, 2.75) is 0 Å². The molecule has 0 spiro atoms. The van der Waals surface area contributed by atoms with Gasteiger partial charge in [-0.15, -0.1) is 3.79 Å². The molecule has 0 bridgehead atoms. The summed E-state index contributed by atoms with van der Waals surface area (Å²) in [5.74, 6) is 1.09. The fourth-order valence-electron chi connectivity index (χ4n) is 1.85. The van der Waals surface area contributed by atoms with Gasteiger partial charge in [0.2, 0.25) is 5.82 Å². The lowest BCUT2D eigenvalue weighted by Gasteiger charge is -2.25. The van der Waals surface area contributed by atoms with Gasteiger partial charge >= 0.3 is 6.33 Å². The van der Waals surface area contributed by atoms with Crippen LogP contribution in [0.5, 0.6) is 0 Å². The number of hydrogen-bond acceptors (Lipinski definition) is 4. The SMILES string of the molecule is c1cc2cc(N3CCNCC3)nc[n+]2s1. The first kappa shape index (κ1) is 9.06. The van der Waals surface area contributed by atoms with E-state index in [2.05, 4.69) is 36.5 Å². The first-order valence-electron chi connectivity index (χ1n) is 5.14. The summed E-state index contributed by atoms with van der Waals surface area (Å²) in [6, 6.07) is 4.28. The van der Waals surface area contributed by atoms with Crippen molar-refractivity contribution >= 4 is 22.9 Å². The third kappa shape index (κ3) is 1.68. The Morgan fingerprint density at radius 2 is 2.27 bits per heavy atom. The highest BCUT2D eigenvalue weighted by Crippen LogP contribution is 2.12. The molecule has 1 aliphatic rings. The van der Waals surface area contributed by atoms with Gasteiger partial charge in [0.25, 0.3) is 0 Å². The zero-order chi connectivity index (χ0) is 10.1. The van der Waals surface area contributed by atoms with Crippen LogP contribution in [0.1, 0.15) is 0 Å². The largest absolute Gasteiger partial charge is 0.333 e. The van der Waals surface area contributed by atoms with Crippen molar-refractivity contribution < 1.29 is 3.79 Å². The van der Waals surface area contributed by atoms with Crippen molar-refractivity contribution in [3.63, 3.8) is 0 Å². The van der Waals surface area contributed by atoms with Gasteiger partial charge in [-0.1, -0.05) is 0 Å². The number of anilines is 1. The fraction of sp³-hybridized carbons (Fsp3) is 0.400. The molecular formula is C10H13N4S+. The van der Waals surface area contributed by atoms with Gasteiger partial charge in [0.15, 0.2) is 5.52 Å². The summed E-state index contributed by atoms with van der Waals surface area (Å²) < 4.78 is 2.08. The number of rotatable bonds is 1. The molecular weight excluding hydrogens is 208 g/mol. The monoisotopic (exact) mass is 221 g/mol. The minimum absolute atomic E-state index is 1.05. The maximum atomic E-state index is 4.47. The van der Waals surface area contributed by atoms with Crippen molar-refractivity contribution in [3.05, 3.63) is 23.8 Å². The van der Waals surface area contributed by atoms with Crippen LogP contribution in [0.2, 0.25) is 0 Å². The number of nitrogens with one attached hydrogen (secondary N) is 1. The molecule has 78 valence electrons. The van der Waals surface area contributed by atoms with Crippen LogP contribution in [0.3, 0.4) is 0 Å². The zero-order valence-corrected chi connectivity index (χ0v) is 9.20. The van der Waals surface area contributed by atoms with E-state index in [9.17, 15) is 0 Å². The van der Waals surface area contributed by atoms with Gasteiger partial charge in [-0.3, -0.25) is 0 Å². The van der Waals surface area contributed by atoms with Crippen LogP contribution in [-0.4, -0.2) is 31.2 Å². The first-order chi connectivity index (χ1) is 7.43. The molecule has 3 heterocycles. The van der Waals surface area contributed by atoms with E-state index >= 15 is 0 Å². The van der Waals surface area contributed by atoms with E-state index in [0.717, 1.165) is 32.0 Å². The Bertz CT molecular complexity index is 461. The Hall–Kier alpha value is -1.20. The predicted octanol–water partition coefficient (Wildman–Crippen LogP) is 0.291. The second-order valence-electron chi connectivity index (χ2n) is 3.64. The average Bonchev–Trinajstić information content (AvgIpc) is 2.77. The molecule has 0 amide bonds. The first-order valence-corrected chi connectivity index (χ1v) is 5.98. The summed E-state index contributed by atoms with van der Waals surface area (Å²) in [6.45, 7) is 4.20. The number of hydrogen-bond donors (Lipinski definition) is 1. The molecule has 0 unspecified atom stereocenters. The fourth-order valence-corrected chi connectivity index (χ4v) is 2.52. The number of piperazine rings is 1. The lowest BCUT2D eigenvalue weighted by atomic mass is 10.3. The molecule has 4 nitrogen and oxygen atoms in total. The molecule has 0 aromatic carbocycles. The van der Waals surface area contributed by atoms with Crippen molar-refractivity contribution in [3.8, 4) is 0 Å². The topological polar surface area (TPSA) is 32.3 Å². The van der Waals surface area contributed by atoms with Gasteiger partial charge in [-0.25, -0.2) is 0 Å². The summed E-state index contributed by atoms with van der Waals surface area (Å²) in [6.07, 6.45) is 1.90.